The van der Waals surface area contributed by atoms with Gasteiger partial charge >= 0.3 is 18.9 Å². The molecular formula is C9H13LiNP. The molecule has 0 fully saturated rings. The average Bonchev–Trinajstić information content (AvgIpc) is 2.05. The SMILES string of the molecule is CN(C)P(C)c1[c-]cccc1.[Li+]. The molecule has 0 aliphatic heterocycles. The molecule has 0 radical (unpaired) electrons. The molecule has 60 valence electrons. The van der Waals surface area contributed by atoms with Crippen LogP contribution in [-0.2, 0) is 0 Å². The summed E-state index contributed by atoms with van der Waals surface area (Å²) >= 11 is 0. The van der Waals surface area contributed by atoms with Gasteiger partial charge in [-0.2, -0.15) is 30.3 Å². The maximum absolute atomic E-state index is 3.24. The molecular weight excluding hydrogens is 160 g/mol. The van der Waals surface area contributed by atoms with E-state index in [1.165, 1.54) is 5.30 Å². The minimum Gasteiger partial charge on any atom is -0.286 e. The first-order valence-corrected chi connectivity index (χ1v) is 5.33. The summed E-state index contributed by atoms with van der Waals surface area (Å²) in [5.74, 6) is 0. The molecule has 1 aromatic rings. The van der Waals surface area contributed by atoms with E-state index in [1.54, 1.807) is 0 Å². The quantitative estimate of drug-likeness (QED) is 0.305. The number of hydrogen-bond acceptors (Lipinski definition) is 1. The average molecular weight is 173 g/mol. The van der Waals surface area contributed by atoms with Gasteiger partial charge in [-0.1, -0.05) is 0 Å². The van der Waals surface area contributed by atoms with Crippen LogP contribution in [0.15, 0.2) is 24.3 Å². The minimum atomic E-state index is -0.157. The van der Waals surface area contributed by atoms with E-state index in [0.29, 0.717) is 0 Å². The van der Waals surface area contributed by atoms with Crippen LogP contribution in [0, 0.1) is 6.07 Å². The Balaban J connectivity index is 0.00000121. The first-order chi connectivity index (χ1) is 5.22. The van der Waals surface area contributed by atoms with Gasteiger partial charge in [-0.25, -0.2) is 0 Å². The molecule has 1 aromatic carbocycles. The first-order valence-electron chi connectivity index (χ1n) is 3.59. The Kier molecular flexibility index (Phi) is 5.89. The molecule has 0 aliphatic rings. The third-order valence-electron chi connectivity index (χ3n) is 1.64. The third-order valence-corrected chi connectivity index (χ3v) is 3.82. The molecule has 1 nitrogen and oxygen atoms in total. The van der Waals surface area contributed by atoms with Crippen molar-refractivity contribution < 1.29 is 18.9 Å². The minimum absolute atomic E-state index is 0. The van der Waals surface area contributed by atoms with Crippen molar-refractivity contribution in [2.75, 3.05) is 20.8 Å². The fourth-order valence-corrected chi connectivity index (χ4v) is 1.79. The van der Waals surface area contributed by atoms with E-state index in [-0.39, 0.29) is 26.9 Å². The summed E-state index contributed by atoms with van der Waals surface area (Å²) in [6.07, 6.45) is 0. The van der Waals surface area contributed by atoms with Crippen LogP contribution in [0.3, 0.4) is 0 Å². The van der Waals surface area contributed by atoms with Crippen LogP contribution >= 0.6 is 8.07 Å². The zero-order valence-electron chi connectivity index (χ0n) is 8.20. The molecule has 3 heteroatoms. The second-order valence-corrected chi connectivity index (χ2v) is 4.95. The predicted molar refractivity (Wildman–Crippen MR) is 51.4 cm³/mol. The summed E-state index contributed by atoms with van der Waals surface area (Å²) in [6.45, 7) is 2.24. The molecule has 0 aromatic heterocycles. The molecule has 0 amide bonds. The second-order valence-electron chi connectivity index (χ2n) is 2.62. The Hall–Kier alpha value is 0.207. The summed E-state index contributed by atoms with van der Waals surface area (Å²) in [4.78, 5) is 0. The Bertz CT molecular complexity index is 213. The second kappa shape index (κ2) is 5.79. The van der Waals surface area contributed by atoms with Crippen molar-refractivity contribution in [3.05, 3.63) is 30.3 Å². The van der Waals surface area contributed by atoms with Gasteiger partial charge in [0.25, 0.3) is 0 Å². The van der Waals surface area contributed by atoms with Crippen LogP contribution < -0.4 is 24.2 Å². The molecule has 0 heterocycles. The van der Waals surface area contributed by atoms with Crippen LogP contribution in [0.4, 0.5) is 0 Å². The first kappa shape index (κ1) is 12.2. The molecule has 0 bridgehead atoms. The van der Waals surface area contributed by atoms with E-state index in [2.05, 4.69) is 43.6 Å². The van der Waals surface area contributed by atoms with Gasteiger partial charge < -0.3 is 0 Å². The predicted octanol–water partition coefficient (Wildman–Crippen LogP) is -1.30. The Morgan fingerprint density at radius 3 is 2.42 bits per heavy atom. The zero-order chi connectivity index (χ0) is 8.27. The van der Waals surface area contributed by atoms with E-state index < -0.39 is 0 Å². The Morgan fingerprint density at radius 2 is 2.00 bits per heavy atom. The van der Waals surface area contributed by atoms with Gasteiger partial charge in [-0.05, 0) is 28.8 Å². The van der Waals surface area contributed by atoms with Crippen molar-refractivity contribution in [1.29, 1.82) is 0 Å². The summed E-state index contributed by atoms with van der Waals surface area (Å²) in [7, 11) is 4.05. The summed E-state index contributed by atoms with van der Waals surface area (Å²) < 4.78 is 2.24. The zero-order valence-corrected chi connectivity index (χ0v) is 9.10. The Morgan fingerprint density at radius 1 is 1.33 bits per heavy atom. The molecule has 0 aliphatic carbocycles. The van der Waals surface area contributed by atoms with E-state index in [0.717, 1.165) is 0 Å². The summed E-state index contributed by atoms with van der Waals surface area (Å²) in [6, 6.07) is 11.4. The van der Waals surface area contributed by atoms with Crippen molar-refractivity contribution >= 4 is 13.4 Å². The normalized spacial score (nSPS) is 12.3. The van der Waals surface area contributed by atoms with Gasteiger partial charge in [0.1, 0.15) is 0 Å². The molecule has 1 atom stereocenters. The van der Waals surface area contributed by atoms with Crippen LogP contribution in [0.2, 0.25) is 0 Å². The van der Waals surface area contributed by atoms with E-state index in [1.807, 2.05) is 12.1 Å². The fourth-order valence-electron chi connectivity index (χ4n) is 0.801. The molecule has 0 saturated carbocycles. The van der Waals surface area contributed by atoms with Gasteiger partial charge in [-0.3, -0.25) is 4.67 Å². The van der Waals surface area contributed by atoms with Crippen molar-refractivity contribution in [3.63, 3.8) is 0 Å². The largest absolute Gasteiger partial charge is 1.00 e. The van der Waals surface area contributed by atoms with Crippen molar-refractivity contribution in [2.24, 2.45) is 0 Å². The topological polar surface area (TPSA) is 3.24 Å². The molecule has 0 N–H and O–H groups in total. The molecule has 0 saturated heterocycles. The monoisotopic (exact) mass is 173 g/mol. The fraction of sp³-hybridized carbons (Fsp3) is 0.333. The van der Waals surface area contributed by atoms with Gasteiger partial charge in [0.2, 0.25) is 0 Å². The number of rotatable bonds is 2. The molecule has 0 spiro atoms. The Labute approximate surface area is 88.1 Å². The van der Waals surface area contributed by atoms with Gasteiger partial charge in [0.15, 0.2) is 0 Å². The van der Waals surface area contributed by atoms with Crippen molar-refractivity contribution in [2.45, 2.75) is 0 Å². The van der Waals surface area contributed by atoms with Crippen LogP contribution in [0.1, 0.15) is 0 Å². The van der Waals surface area contributed by atoms with E-state index >= 15 is 0 Å². The maximum Gasteiger partial charge on any atom is 1.00 e. The summed E-state index contributed by atoms with van der Waals surface area (Å²) in [5, 5.41) is 1.31. The third kappa shape index (κ3) is 3.29. The summed E-state index contributed by atoms with van der Waals surface area (Å²) in [5.41, 5.74) is 0. The van der Waals surface area contributed by atoms with Gasteiger partial charge in [0.05, 0.1) is 0 Å². The van der Waals surface area contributed by atoms with Crippen LogP contribution in [-0.4, -0.2) is 25.4 Å². The van der Waals surface area contributed by atoms with Crippen LogP contribution in [0.5, 0.6) is 0 Å². The number of hydrogen-bond donors (Lipinski definition) is 0. The number of nitrogens with zero attached hydrogens (tertiary/aromatic N) is 1. The molecule has 1 unspecified atom stereocenters. The van der Waals surface area contributed by atoms with Crippen molar-refractivity contribution in [1.82, 2.24) is 4.67 Å². The molecule has 12 heavy (non-hydrogen) atoms. The standard InChI is InChI=1S/C9H13NP.Li/c1-10(2)11(3)9-7-5-4-6-8-9;/h4-7H,1-3H3;/q-1;+1. The van der Waals surface area contributed by atoms with Gasteiger partial charge in [0, 0.05) is 0 Å². The van der Waals surface area contributed by atoms with Crippen molar-refractivity contribution in [3.8, 4) is 0 Å². The van der Waals surface area contributed by atoms with E-state index in [4.69, 9.17) is 0 Å². The molecule has 1 rings (SSSR count). The maximum atomic E-state index is 3.24. The van der Waals surface area contributed by atoms with Crippen LogP contribution in [0.25, 0.3) is 0 Å². The number of benzene rings is 1. The smallest absolute Gasteiger partial charge is 0.286 e. The van der Waals surface area contributed by atoms with Gasteiger partial charge in [-0.15, -0.1) is 5.30 Å². The van der Waals surface area contributed by atoms with E-state index in [9.17, 15) is 0 Å².